The molecule has 0 aromatic carbocycles. The van der Waals surface area contributed by atoms with E-state index in [9.17, 15) is 9.59 Å². The maximum absolute atomic E-state index is 11.9. The van der Waals surface area contributed by atoms with E-state index in [0.717, 1.165) is 37.1 Å². The first-order valence-corrected chi connectivity index (χ1v) is 10.3. The summed E-state index contributed by atoms with van der Waals surface area (Å²) in [7, 11) is 1.78. The number of carbonyl (C=O) groups excluding carboxylic acids is 1. The molecule has 0 spiro atoms. The monoisotopic (exact) mass is 415 g/mol. The normalized spacial score (nSPS) is 13.4. The lowest BCUT2D eigenvalue weighted by molar-refractivity contribution is -0.133. The van der Waals surface area contributed by atoms with Gasteiger partial charge in [-0.15, -0.1) is 0 Å². The number of carboxylic acids is 1. The molecular weight excluding hydrogens is 382 g/mol. The number of pyridine rings is 1. The molecule has 2 rings (SSSR count). The topological polar surface area (TPSA) is 112 Å². The summed E-state index contributed by atoms with van der Waals surface area (Å²) in [4.78, 5) is 26.9. The maximum Gasteiger partial charge on any atom is 0.333 e. The van der Waals surface area contributed by atoms with Crippen LogP contribution in [0, 0.1) is 0 Å². The van der Waals surface area contributed by atoms with Crippen molar-refractivity contribution in [3.8, 4) is 5.75 Å². The van der Waals surface area contributed by atoms with Gasteiger partial charge in [-0.3, -0.25) is 4.79 Å². The minimum absolute atomic E-state index is 0.129. The van der Waals surface area contributed by atoms with Gasteiger partial charge in [0.1, 0.15) is 11.6 Å². The molecule has 0 bridgehead atoms. The lowest BCUT2D eigenvalue weighted by atomic mass is 9.96. The van der Waals surface area contributed by atoms with Gasteiger partial charge in [0.05, 0.1) is 11.8 Å². The fourth-order valence-electron chi connectivity index (χ4n) is 2.82. The molecular formula is C23H33N3O4. The average Bonchev–Trinajstić information content (AvgIpc) is 2.74. The van der Waals surface area contributed by atoms with E-state index in [4.69, 9.17) is 10.2 Å². The number of nitrogens with one attached hydrogen (secondary N) is 2. The Kier molecular flexibility index (Phi) is 11.6. The molecule has 1 aromatic rings. The number of carbonyl (C=O) groups is 2. The molecule has 0 atom stereocenters. The van der Waals surface area contributed by atoms with Gasteiger partial charge in [0, 0.05) is 19.2 Å². The van der Waals surface area contributed by atoms with Crippen molar-refractivity contribution in [1.29, 1.82) is 0 Å². The highest BCUT2D eigenvalue weighted by Gasteiger charge is 2.19. The number of amides is 1. The molecule has 0 saturated heterocycles. The summed E-state index contributed by atoms with van der Waals surface area (Å²) in [5.41, 5.74) is 1.87. The number of nitrogens with zero attached hydrogens (tertiary/aromatic N) is 1. The minimum Gasteiger partial charge on any atom is -0.506 e. The molecule has 1 aliphatic rings. The number of allylic oxidation sites excluding steroid dienone is 4. The quantitative estimate of drug-likeness (QED) is 0.441. The largest absolute Gasteiger partial charge is 0.506 e. The molecule has 0 unspecified atom stereocenters. The number of unbranched alkanes of at least 4 members (excludes halogenated alkanes) is 1. The molecule has 0 radical (unpaired) electrons. The number of aromatic nitrogens is 1. The first-order valence-electron chi connectivity index (χ1n) is 10.3. The van der Waals surface area contributed by atoms with E-state index in [0.29, 0.717) is 37.0 Å². The second-order valence-electron chi connectivity index (χ2n) is 7.02. The lowest BCUT2D eigenvalue weighted by Gasteiger charge is -2.18. The first-order chi connectivity index (χ1) is 14.4. The van der Waals surface area contributed by atoms with E-state index in [-0.39, 0.29) is 11.7 Å². The van der Waals surface area contributed by atoms with Crippen LogP contribution in [-0.2, 0) is 9.59 Å². The smallest absolute Gasteiger partial charge is 0.333 e. The summed E-state index contributed by atoms with van der Waals surface area (Å²) < 4.78 is 0. The number of carboxylic acid groups (broad SMARTS) is 1. The summed E-state index contributed by atoms with van der Waals surface area (Å²) in [5, 5.41) is 23.5. The second kappa shape index (κ2) is 14.0. The van der Waals surface area contributed by atoms with Crippen LogP contribution in [0.3, 0.4) is 0 Å². The van der Waals surface area contributed by atoms with Gasteiger partial charge in [0.25, 0.3) is 0 Å². The molecule has 7 heteroatoms. The highest BCUT2D eigenvalue weighted by atomic mass is 16.4. The second-order valence-corrected chi connectivity index (χ2v) is 7.02. The number of aliphatic carboxylic acids is 1. The van der Waals surface area contributed by atoms with Gasteiger partial charge in [-0.05, 0) is 50.7 Å². The van der Waals surface area contributed by atoms with Crippen LogP contribution in [0.15, 0.2) is 53.9 Å². The van der Waals surface area contributed by atoms with Crippen molar-refractivity contribution >= 4 is 17.7 Å². The fourth-order valence-corrected chi connectivity index (χ4v) is 2.82. The standard InChI is InChI=1S/C17H25NO3.C6H8N2O/c1-3-4-5-8-13(2)11-12-16(19)18-15-10-7-6-9-14(15)17(20)21;1-7-6-3-2-5(9)4-8-6/h5,8H,2-4,6-7,9-12H2,1H3,(H,18,19)(H,20,21);2-4,9H,1H3,(H,7,8)/b8-5+;. The van der Waals surface area contributed by atoms with Crippen molar-refractivity contribution < 1.29 is 19.8 Å². The number of aromatic hydroxyl groups is 1. The summed E-state index contributed by atoms with van der Waals surface area (Å²) in [5.74, 6) is -0.102. The Hall–Kier alpha value is -3.09. The Morgan fingerprint density at radius 1 is 1.23 bits per heavy atom. The third-order valence-electron chi connectivity index (χ3n) is 4.50. The Morgan fingerprint density at radius 2 is 1.97 bits per heavy atom. The average molecular weight is 416 g/mol. The number of anilines is 1. The van der Waals surface area contributed by atoms with Gasteiger partial charge in [0.15, 0.2) is 0 Å². The summed E-state index contributed by atoms with van der Waals surface area (Å²) in [6.07, 6.45) is 11.4. The van der Waals surface area contributed by atoms with Crippen molar-refractivity contribution in [3.63, 3.8) is 0 Å². The van der Waals surface area contributed by atoms with Crippen LogP contribution in [0.25, 0.3) is 0 Å². The Labute approximate surface area is 178 Å². The zero-order valence-electron chi connectivity index (χ0n) is 17.9. The van der Waals surface area contributed by atoms with E-state index >= 15 is 0 Å². The highest BCUT2D eigenvalue weighted by Crippen LogP contribution is 2.23. The van der Waals surface area contributed by atoms with Crippen LogP contribution in [0.5, 0.6) is 5.75 Å². The molecule has 1 heterocycles. The maximum atomic E-state index is 11.9. The van der Waals surface area contributed by atoms with Crippen molar-refractivity contribution in [2.45, 2.75) is 58.3 Å². The van der Waals surface area contributed by atoms with Gasteiger partial charge >= 0.3 is 5.97 Å². The molecule has 0 saturated carbocycles. The minimum atomic E-state index is -0.920. The predicted molar refractivity (Wildman–Crippen MR) is 119 cm³/mol. The molecule has 164 valence electrons. The molecule has 4 N–H and O–H groups in total. The van der Waals surface area contributed by atoms with Crippen molar-refractivity contribution in [3.05, 3.63) is 53.9 Å². The number of hydrogen-bond acceptors (Lipinski definition) is 5. The molecule has 30 heavy (non-hydrogen) atoms. The van der Waals surface area contributed by atoms with Crippen LogP contribution in [0.1, 0.15) is 58.3 Å². The van der Waals surface area contributed by atoms with E-state index in [1.807, 2.05) is 6.08 Å². The van der Waals surface area contributed by atoms with Crippen LogP contribution < -0.4 is 10.6 Å². The fraction of sp³-hybridized carbons (Fsp3) is 0.435. The van der Waals surface area contributed by atoms with Crippen LogP contribution in [0.2, 0.25) is 0 Å². The van der Waals surface area contributed by atoms with Gasteiger partial charge in [-0.25, -0.2) is 9.78 Å². The number of rotatable bonds is 9. The van der Waals surface area contributed by atoms with E-state index in [1.165, 1.54) is 6.20 Å². The van der Waals surface area contributed by atoms with E-state index in [1.54, 1.807) is 19.2 Å². The van der Waals surface area contributed by atoms with Crippen molar-refractivity contribution in [2.24, 2.45) is 0 Å². The zero-order chi connectivity index (χ0) is 22.4. The third-order valence-corrected chi connectivity index (χ3v) is 4.50. The zero-order valence-corrected chi connectivity index (χ0v) is 17.9. The summed E-state index contributed by atoms with van der Waals surface area (Å²) in [6, 6.07) is 3.29. The molecule has 0 fully saturated rings. The Bertz CT molecular complexity index is 767. The van der Waals surface area contributed by atoms with Gasteiger partial charge in [-0.2, -0.15) is 0 Å². The summed E-state index contributed by atoms with van der Waals surface area (Å²) >= 11 is 0. The predicted octanol–water partition coefficient (Wildman–Crippen LogP) is 4.54. The lowest BCUT2D eigenvalue weighted by Crippen LogP contribution is -2.27. The molecule has 1 amide bonds. The SMILES string of the molecule is C=C(/C=C/CCC)CCC(=O)NC1=C(C(=O)O)CCCC1.CNc1ccc(O)cn1. The van der Waals surface area contributed by atoms with Crippen molar-refractivity contribution in [2.75, 3.05) is 12.4 Å². The van der Waals surface area contributed by atoms with Gasteiger partial charge in [0.2, 0.25) is 5.91 Å². The molecule has 0 aliphatic heterocycles. The van der Waals surface area contributed by atoms with Gasteiger partial charge in [-0.1, -0.05) is 37.6 Å². The third kappa shape index (κ3) is 9.91. The van der Waals surface area contributed by atoms with Crippen LogP contribution in [-0.4, -0.2) is 34.1 Å². The van der Waals surface area contributed by atoms with Crippen LogP contribution >= 0.6 is 0 Å². The van der Waals surface area contributed by atoms with E-state index < -0.39 is 5.97 Å². The highest BCUT2D eigenvalue weighted by molar-refractivity contribution is 5.89. The Balaban J connectivity index is 0.000000414. The molecule has 7 nitrogen and oxygen atoms in total. The Morgan fingerprint density at radius 3 is 2.57 bits per heavy atom. The summed E-state index contributed by atoms with van der Waals surface area (Å²) in [6.45, 7) is 6.03. The number of hydrogen-bond donors (Lipinski definition) is 4. The van der Waals surface area contributed by atoms with E-state index in [2.05, 4.69) is 35.2 Å². The van der Waals surface area contributed by atoms with Crippen LogP contribution in [0.4, 0.5) is 5.82 Å². The molecule has 1 aliphatic carbocycles. The van der Waals surface area contributed by atoms with Crippen molar-refractivity contribution in [1.82, 2.24) is 10.3 Å². The van der Waals surface area contributed by atoms with Gasteiger partial charge < -0.3 is 20.8 Å². The first kappa shape index (κ1) is 24.9. The molecule has 1 aromatic heterocycles.